The van der Waals surface area contributed by atoms with Crippen LogP contribution in [0.25, 0.3) is 0 Å². The summed E-state index contributed by atoms with van der Waals surface area (Å²) in [6, 6.07) is -1.20. The highest BCUT2D eigenvalue weighted by Crippen LogP contribution is 2.51. The number of carboxylic acids is 1. The molecule has 0 aromatic rings. The average molecular weight is 529 g/mol. The van der Waals surface area contributed by atoms with Crippen molar-refractivity contribution in [3.8, 4) is 0 Å². The van der Waals surface area contributed by atoms with Crippen LogP contribution in [0.15, 0.2) is 4.99 Å². The Morgan fingerprint density at radius 1 is 1.31 bits per heavy atom. The molecule has 0 radical (unpaired) electrons. The van der Waals surface area contributed by atoms with E-state index in [1.54, 1.807) is 6.34 Å². The molecular weight excluding hydrogens is 505 g/mol. The molecule has 32 heavy (non-hydrogen) atoms. The summed E-state index contributed by atoms with van der Waals surface area (Å²) < 4.78 is 7.77. The minimum atomic E-state index is -1.83. The SMILES string of the molecule is CC1(C)S[C@@H]2[C@H](/N=C/N3[C@@H]4CC[C@H]3C[C@@H](OC(=O)OC(Cl)(Cl)CCl)C4)C(=O)N2[C@H]1C(=O)O. The van der Waals surface area contributed by atoms with Crippen LogP contribution >= 0.6 is 46.6 Å². The highest BCUT2D eigenvalue weighted by Gasteiger charge is 2.64. The van der Waals surface area contributed by atoms with Crippen molar-refractivity contribution in [1.29, 1.82) is 0 Å². The number of carbonyl (C=O) groups excluding carboxylic acids is 2. The van der Waals surface area contributed by atoms with E-state index in [-0.39, 0.29) is 35.3 Å². The Morgan fingerprint density at radius 3 is 2.50 bits per heavy atom. The maximum absolute atomic E-state index is 12.6. The van der Waals surface area contributed by atoms with Gasteiger partial charge in [-0.2, -0.15) is 0 Å². The second-order valence-electron chi connectivity index (χ2n) is 8.97. The van der Waals surface area contributed by atoms with Crippen LogP contribution in [0, 0.1) is 0 Å². The quantitative estimate of drug-likeness (QED) is 0.184. The lowest BCUT2D eigenvalue weighted by molar-refractivity contribution is -0.158. The van der Waals surface area contributed by atoms with Gasteiger partial charge in [0.2, 0.25) is 0 Å². The number of β-lactam (4-membered cyclic amide) rings is 1. The Labute approximate surface area is 204 Å². The summed E-state index contributed by atoms with van der Waals surface area (Å²) in [6.45, 7) is 3.68. The van der Waals surface area contributed by atoms with E-state index >= 15 is 0 Å². The van der Waals surface area contributed by atoms with Crippen LogP contribution in [0.5, 0.6) is 0 Å². The smallest absolute Gasteiger partial charge is 0.480 e. The predicted molar refractivity (Wildman–Crippen MR) is 120 cm³/mol. The fourth-order valence-corrected chi connectivity index (χ4v) is 6.84. The normalized spacial score (nSPS) is 35.6. The molecule has 4 aliphatic heterocycles. The van der Waals surface area contributed by atoms with Crippen molar-refractivity contribution in [2.45, 2.75) is 84.4 Å². The van der Waals surface area contributed by atoms with Gasteiger partial charge in [0.25, 0.3) is 10.4 Å². The third kappa shape index (κ3) is 4.35. The van der Waals surface area contributed by atoms with Gasteiger partial charge in [0.1, 0.15) is 17.5 Å². The number of amides is 1. The molecule has 4 saturated heterocycles. The van der Waals surface area contributed by atoms with Crippen molar-refractivity contribution in [2.24, 2.45) is 4.99 Å². The summed E-state index contributed by atoms with van der Waals surface area (Å²) >= 11 is 18.5. The molecule has 0 aromatic carbocycles. The second-order valence-corrected chi connectivity index (χ2v) is 12.4. The van der Waals surface area contributed by atoms with Gasteiger partial charge in [-0.25, -0.2) is 9.59 Å². The molecule has 4 aliphatic rings. The van der Waals surface area contributed by atoms with Crippen molar-refractivity contribution in [1.82, 2.24) is 9.80 Å². The Kier molecular flexibility index (Phi) is 6.46. The largest absolute Gasteiger partial charge is 0.511 e. The van der Waals surface area contributed by atoms with Crippen molar-refractivity contribution < 1.29 is 29.0 Å². The van der Waals surface area contributed by atoms with E-state index in [1.165, 1.54) is 16.7 Å². The number of thioether (sulfide) groups is 1. The van der Waals surface area contributed by atoms with Gasteiger partial charge in [0, 0.05) is 29.7 Å². The van der Waals surface area contributed by atoms with Gasteiger partial charge in [-0.3, -0.25) is 9.79 Å². The van der Waals surface area contributed by atoms with Crippen LogP contribution in [0.1, 0.15) is 39.5 Å². The molecule has 6 atom stereocenters. The third-order valence-electron chi connectivity index (χ3n) is 6.40. The summed E-state index contributed by atoms with van der Waals surface area (Å²) in [6.07, 6.45) is 3.43. The number of fused-ring (bicyclic) bond motifs is 3. The minimum absolute atomic E-state index is 0.116. The molecular formula is C19H24Cl3N3O6S. The van der Waals surface area contributed by atoms with Gasteiger partial charge in [-0.05, 0) is 26.7 Å². The number of hydrogen-bond donors (Lipinski definition) is 1. The molecule has 178 valence electrons. The van der Waals surface area contributed by atoms with Crippen molar-refractivity contribution >= 4 is 70.9 Å². The lowest BCUT2D eigenvalue weighted by Gasteiger charge is -2.42. The predicted octanol–water partition coefficient (Wildman–Crippen LogP) is 3.05. The fraction of sp³-hybridized carbons (Fsp3) is 0.789. The molecule has 4 heterocycles. The Morgan fingerprint density at radius 2 is 1.94 bits per heavy atom. The summed E-state index contributed by atoms with van der Waals surface area (Å²) in [4.78, 5) is 44.3. The van der Waals surface area contributed by atoms with Gasteiger partial charge < -0.3 is 24.4 Å². The Bertz CT molecular complexity index is 829. The standard InChI is InChI=1S/C19H24Cl3N3O6S/c1-18(2)13(16(27)28)25-14(26)12(15(25)32-18)23-8-24-9-3-4-10(24)6-11(5-9)30-17(29)31-19(21,22)7-20/h8-13,15H,3-7H2,1-2H3,(H,27,28)/b23-8+/t9-,10+,11+,12-,13+,15-/m1/s1. The number of carboxylic acid groups (broad SMARTS) is 1. The minimum Gasteiger partial charge on any atom is -0.480 e. The van der Waals surface area contributed by atoms with E-state index in [1.807, 2.05) is 13.8 Å². The monoisotopic (exact) mass is 527 g/mol. The Hall–Kier alpha value is -1.10. The molecule has 2 bridgehead atoms. The molecule has 4 rings (SSSR count). The van der Waals surface area contributed by atoms with E-state index in [4.69, 9.17) is 44.3 Å². The van der Waals surface area contributed by atoms with Crippen LogP contribution in [0.3, 0.4) is 0 Å². The molecule has 0 saturated carbocycles. The first-order chi connectivity index (χ1) is 14.9. The molecule has 13 heteroatoms. The first-order valence-corrected chi connectivity index (χ1v) is 12.5. The highest BCUT2D eigenvalue weighted by atomic mass is 35.5. The molecule has 1 amide bonds. The zero-order chi connectivity index (χ0) is 23.4. The third-order valence-corrected chi connectivity index (χ3v) is 9.03. The number of nitrogens with zero attached hydrogens (tertiary/aromatic N) is 3. The van der Waals surface area contributed by atoms with Crippen LogP contribution < -0.4 is 0 Å². The van der Waals surface area contributed by atoms with Gasteiger partial charge in [0.15, 0.2) is 6.04 Å². The summed E-state index contributed by atoms with van der Waals surface area (Å²) in [5, 5.41) is 9.26. The van der Waals surface area contributed by atoms with E-state index in [0.29, 0.717) is 12.8 Å². The molecule has 4 fully saturated rings. The number of hydrogen-bond acceptors (Lipinski definition) is 7. The number of aliphatic imine (C=N–C) groups is 1. The maximum Gasteiger partial charge on any atom is 0.511 e. The fourth-order valence-electron chi connectivity index (χ4n) is 5.04. The first-order valence-electron chi connectivity index (χ1n) is 10.3. The van der Waals surface area contributed by atoms with Gasteiger partial charge in [0.05, 0.1) is 12.2 Å². The van der Waals surface area contributed by atoms with Gasteiger partial charge in [-0.15, -0.1) is 23.4 Å². The van der Waals surface area contributed by atoms with Gasteiger partial charge in [-0.1, -0.05) is 23.2 Å². The van der Waals surface area contributed by atoms with Crippen molar-refractivity contribution in [3.05, 3.63) is 0 Å². The molecule has 9 nitrogen and oxygen atoms in total. The molecule has 1 N–H and O–H groups in total. The zero-order valence-corrected chi connectivity index (χ0v) is 20.5. The molecule has 0 spiro atoms. The number of aliphatic carboxylic acids is 1. The van der Waals surface area contributed by atoms with Crippen LogP contribution in [-0.2, 0) is 19.1 Å². The summed E-state index contributed by atoms with van der Waals surface area (Å²) in [7, 11) is 0. The number of ether oxygens (including phenoxy) is 2. The van der Waals surface area contributed by atoms with Crippen molar-refractivity contribution in [2.75, 3.05) is 5.88 Å². The molecule has 0 aliphatic carbocycles. The lowest BCUT2D eigenvalue weighted by Crippen LogP contribution is -2.65. The number of piperidine rings is 1. The van der Waals surface area contributed by atoms with E-state index in [9.17, 15) is 19.5 Å². The van der Waals surface area contributed by atoms with E-state index in [0.717, 1.165) is 12.8 Å². The van der Waals surface area contributed by atoms with Gasteiger partial charge >= 0.3 is 12.1 Å². The van der Waals surface area contributed by atoms with Crippen molar-refractivity contribution in [3.63, 3.8) is 0 Å². The van der Waals surface area contributed by atoms with Crippen LogP contribution in [0.4, 0.5) is 4.79 Å². The zero-order valence-electron chi connectivity index (χ0n) is 17.4. The second kappa shape index (κ2) is 8.60. The molecule has 0 unspecified atom stereocenters. The van der Waals surface area contributed by atoms with E-state index < -0.39 is 33.5 Å². The van der Waals surface area contributed by atoms with E-state index in [2.05, 4.69) is 9.89 Å². The topological polar surface area (TPSA) is 109 Å². The number of carbonyl (C=O) groups is 3. The lowest BCUT2D eigenvalue weighted by atomic mass is 9.96. The van der Waals surface area contributed by atoms with Crippen LogP contribution in [-0.4, -0.2) is 90.1 Å². The maximum atomic E-state index is 12.6. The average Bonchev–Trinajstić information content (AvgIpc) is 3.08. The van der Waals surface area contributed by atoms with Crippen LogP contribution in [0.2, 0.25) is 0 Å². The summed E-state index contributed by atoms with van der Waals surface area (Å²) in [5.41, 5.74) is 0. The number of rotatable bonds is 6. The number of alkyl halides is 3. The summed E-state index contributed by atoms with van der Waals surface area (Å²) in [5.74, 6) is -1.53. The highest BCUT2D eigenvalue weighted by molar-refractivity contribution is 8.01. The number of halogens is 3. The first kappa shape index (κ1) is 24.0. The Balaban J connectivity index is 1.35. The molecule has 0 aromatic heterocycles.